The number of carbonyl (C=O) groups is 2. The van der Waals surface area contributed by atoms with Gasteiger partial charge in [-0.25, -0.2) is 9.48 Å². The zero-order valence-corrected chi connectivity index (χ0v) is 17.8. The number of rotatable bonds is 5. The second kappa shape index (κ2) is 11.1. The first-order chi connectivity index (χ1) is 13.9. The molecule has 2 amide bonds. The Morgan fingerprint density at radius 2 is 2.28 bits per heavy atom. The number of ether oxygens (including phenoxy) is 2. The van der Waals surface area contributed by atoms with Gasteiger partial charge in [-0.1, -0.05) is 12.1 Å². The van der Waals surface area contributed by atoms with E-state index in [1.165, 1.54) is 4.90 Å². The fraction of sp³-hybridized carbons (Fsp3) is 0.789. The van der Waals surface area contributed by atoms with E-state index >= 15 is 0 Å². The van der Waals surface area contributed by atoms with Crippen LogP contribution < -0.4 is 0 Å². The molecule has 1 aliphatic rings. The first kappa shape index (κ1) is 23.1. The molecule has 2 heterocycles. The molecule has 1 aromatic rings. The third-order valence-electron chi connectivity index (χ3n) is 5.17. The molecule has 0 saturated heterocycles. The van der Waals surface area contributed by atoms with Crippen LogP contribution in [0.15, 0.2) is 6.20 Å². The Bertz CT molecular complexity index is 667. The molecule has 0 fully saturated rings. The number of aliphatic hydroxyl groups is 1. The molecule has 3 atom stereocenters. The molecule has 0 saturated carbocycles. The summed E-state index contributed by atoms with van der Waals surface area (Å²) in [5.74, 6) is -0.0910. The minimum absolute atomic E-state index is 0.0156. The van der Waals surface area contributed by atoms with Crippen LogP contribution in [-0.4, -0.2) is 87.4 Å². The van der Waals surface area contributed by atoms with Crippen molar-refractivity contribution in [1.29, 1.82) is 0 Å². The quantitative estimate of drug-likeness (QED) is 0.766. The van der Waals surface area contributed by atoms with E-state index in [2.05, 4.69) is 10.3 Å². The molecular weight excluding hydrogens is 378 g/mol. The molecule has 0 unspecified atom stereocenters. The van der Waals surface area contributed by atoms with Gasteiger partial charge in [0.15, 0.2) is 0 Å². The largest absolute Gasteiger partial charge is 0.450 e. The molecule has 2 rings (SSSR count). The standard InChI is InChI=1S/C19H33N5O5/c1-5-28-19(27)22(4)11-17-14(2)10-23(15(3)12-25)18(26)7-6-8-24-16(13-29-17)9-20-21-24/h9,14-15,17,25H,5-8,10-13H2,1-4H3/t14-,15-,17+/m0/s1. The average molecular weight is 412 g/mol. The predicted octanol–water partition coefficient (Wildman–Crippen LogP) is 0.891. The van der Waals surface area contributed by atoms with Gasteiger partial charge in [0.05, 0.1) is 50.4 Å². The number of hydrogen-bond acceptors (Lipinski definition) is 7. The predicted molar refractivity (Wildman–Crippen MR) is 105 cm³/mol. The smallest absolute Gasteiger partial charge is 0.409 e. The van der Waals surface area contributed by atoms with Crippen molar-refractivity contribution in [3.8, 4) is 0 Å². The van der Waals surface area contributed by atoms with E-state index in [1.54, 1.807) is 29.7 Å². The van der Waals surface area contributed by atoms with E-state index in [4.69, 9.17) is 9.47 Å². The number of aryl methyl sites for hydroxylation is 1. The molecule has 0 radical (unpaired) electrons. The Hall–Kier alpha value is -2.20. The van der Waals surface area contributed by atoms with Crippen LogP contribution in [0.3, 0.4) is 0 Å². The van der Waals surface area contributed by atoms with Gasteiger partial charge >= 0.3 is 6.09 Å². The number of hydrogen-bond donors (Lipinski definition) is 1. The van der Waals surface area contributed by atoms with E-state index in [9.17, 15) is 14.7 Å². The van der Waals surface area contributed by atoms with E-state index in [0.29, 0.717) is 45.7 Å². The maximum absolute atomic E-state index is 12.8. The van der Waals surface area contributed by atoms with E-state index in [0.717, 1.165) is 5.69 Å². The Morgan fingerprint density at radius 3 is 2.97 bits per heavy atom. The monoisotopic (exact) mass is 411 g/mol. The molecule has 1 aromatic heterocycles. The van der Waals surface area contributed by atoms with Crippen molar-refractivity contribution in [3.63, 3.8) is 0 Å². The fourth-order valence-corrected chi connectivity index (χ4v) is 3.32. The molecule has 0 aliphatic carbocycles. The molecule has 0 aromatic carbocycles. The van der Waals surface area contributed by atoms with Crippen LogP contribution in [-0.2, 0) is 27.4 Å². The topological polar surface area (TPSA) is 110 Å². The first-order valence-electron chi connectivity index (χ1n) is 10.1. The van der Waals surface area contributed by atoms with Gasteiger partial charge < -0.3 is 24.4 Å². The molecule has 0 bridgehead atoms. The van der Waals surface area contributed by atoms with Gasteiger partial charge in [0.2, 0.25) is 5.91 Å². The highest BCUT2D eigenvalue weighted by molar-refractivity contribution is 5.76. The lowest BCUT2D eigenvalue weighted by Gasteiger charge is -2.35. The molecule has 10 nitrogen and oxygen atoms in total. The van der Waals surface area contributed by atoms with E-state index < -0.39 is 6.09 Å². The molecule has 1 N–H and O–H groups in total. The van der Waals surface area contributed by atoms with Crippen molar-refractivity contribution in [2.45, 2.75) is 58.9 Å². The van der Waals surface area contributed by atoms with Crippen molar-refractivity contribution >= 4 is 12.0 Å². The lowest BCUT2D eigenvalue weighted by molar-refractivity contribution is -0.136. The number of likely N-dealkylation sites (N-methyl/N-ethyl adjacent to an activating group) is 1. The van der Waals surface area contributed by atoms with Gasteiger partial charge in [-0.05, 0) is 20.3 Å². The summed E-state index contributed by atoms with van der Waals surface area (Å²) < 4.78 is 13.0. The van der Waals surface area contributed by atoms with Crippen LogP contribution >= 0.6 is 0 Å². The summed E-state index contributed by atoms with van der Waals surface area (Å²) >= 11 is 0. The van der Waals surface area contributed by atoms with E-state index in [1.807, 2.05) is 13.8 Å². The minimum atomic E-state index is -0.419. The number of fused-ring (bicyclic) bond motifs is 1. The summed E-state index contributed by atoms with van der Waals surface area (Å²) in [7, 11) is 1.66. The van der Waals surface area contributed by atoms with Crippen molar-refractivity contribution in [3.05, 3.63) is 11.9 Å². The Labute approximate surface area is 171 Å². The van der Waals surface area contributed by atoms with Gasteiger partial charge in [-0.15, -0.1) is 5.10 Å². The Kier molecular flexibility index (Phi) is 8.84. The number of aromatic nitrogens is 3. The minimum Gasteiger partial charge on any atom is -0.450 e. The molecule has 29 heavy (non-hydrogen) atoms. The van der Waals surface area contributed by atoms with Crippen LogP contribution in [0.1, 0.15) is 39.3 Å². The van der Waals surface area contributed by atoms with Gasteiger partial charge in [-0.2, -0.15) is 0 Å². The molecule has 1 aliphatic heterocycles. The van der Waals surface area contributed by atoms with Gasteiger partial charge in [0.1, 0.15) is 0 Å². The lowest BCUT2D eigenvalue weighted by Crippen LogP contribution is -2.48. The van der Waals surface area contributed by atoms with Crippen molar-refractivity contribution in [2.75, 3.05) is 33.4 Å². The van der Waals surface area contributed by atoms with Crippen molar-refractivity contribution in [1.82, 2.24) is 24.8 Å². The second-order valence-electron chi connectivity index (χ2n) is 7.54. The third-order valence-corrected chi connectivity index (χ3v) is 5.17. The van der Waals surface area contributed by atoms with Crippen molar-refractivity contribution in [2.24, 2.45) is 5.92 Å². The normalized spacial score (nSPS) is 22.2. The summed E-state index contributed by atoms with van der Waals surface area (Å²) in [5, 5.41) is 17.6. The highest BCUT2D eigenvalue weighted by Crippen LogP contribution is 2.18. The zero-order valence-electron chi connectivity index (χ0n) is 17.8. The number of amides is 2. The fourth-order valence-electron chi connectivity index (χ4n) is 3.32. The van der Waals surface area contributed by atoms with Crippen LogP contribution in [0.5, 0.6) is 0 Å². The second-order valence-corrected chi connectivity index (χ2v) is 7.54. The van der Waals surface area contributed by atoms with Gasteiger partial charge in [0, 0.05) is 32.5 Å². The number of nitrogens with zero attached hydrogens (tertiary/aromatic N) is 5. The third kappa shape index (κ3) is 6.40. The van der Waals surface area contributed by atoms with Crippen LogP contribution in [0.4, 0.5) is 4.79 Å². The summed E-state index contributed by atoms with van der Waals surface area (Å²) in [4.78, 5) is 28.0. The highest BCUT2D eigenvalue weighted by atomic mass is 16.6. The first-order valence-corrected chi connectivity index (χ1v) is 10.1. The maximum Gasteiger partial charge on any atom is 0.409 e. The van der Waals surface area contributed by atoms with Crippen LogP contribution in [0.2, 0.25) is 0 Å². The van der Waals surface area contributed by atoms with Crippen LogP contribution in [0, 0.1) is 5.92 Å². The molecule has 164 valence electrons. The molecule has 0 spiro atoms. The Morgan fingerprint density at radius 1 is 1.52 bits per heavy atom. The maximum atomic E-state index is 12.8. The van der Waals surface area contributed by atoms with Gasteiger partial charge in [-0.3, -0.25) is 4.79 Å². The summed E-state index contributed by atoms with van der Waals surface area (Å²) in [6, 6.07) is -0.293. The number of carbonyl (C=O) groups excluding carboxylic acids is 2. The van der Waals surface area contributed by atoms with Crippen LogP contribution in [0.25, 0.3) is 0 Å². The van der Waals surface area contributed by atoms with E-state index in [-0.39, 0.29) is 30.6 Å². The average Bonchev–Trinajstić information content (AvgIpc) is 3.14. The number of aliphatic hydroxyl groups excluding tert-OH is 1. The Balaban J connectivity index is 2.23. The summed E-state index contributed by atoms with van der Waals surface area (Å²) in [6.07, 6.45) is 1.90. The van der Waals surface area contributed by atoms with Gasteiger partial charge in [0.25, 0.3) is 0 Å². The van der Waals surface area contributed by atoms with Crippen molar-refractivity contribution < 1.29 is 24.2 Å². The lowest BCUT2D eigenvalue weighted by atomic mass is 10.0. The highest BCUT2D eigenvalue weighted by Gasteiger charge is 2.29. The molecule has 10 heteroatoms. The summed E-state index contributed by atoms with van der Waals surface area (Å²) in [5.41, 5.74) is 0.828. The molecular formula is C19H33N5O5. The zero-order chi connectivity index (χ0) is 21.4. The SMILES string of the molecule is CCOC(=O)N(C)C[C@H]1OCc2cnnn2CCCC(=O)N([C@@H](C)CO)C[C@@H]1C. The summed E-state index contributed by atoms with van der Waals surface area (Å²) in [6.45, 7) is 7.37.